The summed E-state index contributed by atoms with van der Waals surface area (Å²) < 4.78 is 0. The fraction of sp³-hybridized carbons (Fsp3) is 1.00. The molecular weight excluding hydrogens is 288 g/mol. The first-order chi connectivity index (χ1) is 10.5. The first kappa shape index (κ1) is 16.4. The van der Waals surface area contributed by atoms with Gasteiger partial charge < -0.3 is 15.3 Å². The van der Waals surface area contributed by atoms with E-state index in [9.17, 15) is 15.3 Å². The molecule has 23 heavy (non-hydrogen) atoms. The molecule has 0 radical (unpaired) electrons. The summed E-state index contributed by atoms with van der Waals surface area (Å²) in [6.07, 6.45) is 3.64. The molecule has 3 heteroatoms. The summed E-state index contributed by atoms with van der Waals surface area (Å²) in [5.74, 6) is 1.15. The smallest absolute Gasteiger partial charge is 0.0626 e. The van der Waals surface area contributed by atoms with Crippen LogP contribution in [0.3, 0.4) is 0 Å². The van der Waals surface area contributed by atoms with Crippen LogP contribution in [0.1, 0.15) is 66.7 Å². The van der Waals surface area contributed by atoms with Crippen LogP contribution in [-0.4, -0.2) is 33.6 Å². The van der Waals surface area contributed by atoms with Crippen LogP contribution < -0.4 is 0 Å². The Morgan fingerprint density at radius 3 is 2.26 bits per heavy atom. The zero-order valence-corrected chi connectivity index (χ0v) is 15.3. The third-order valence-electron chi connectivity index (χ3n) is 9.54. The number of aliphatic hydroxyl groups is 3. The van der Waals surface area contributed by atoms with Gasteiger partial charge in [-0.1, -0.05) is 34.6 Å². The Labute approximate surface area is 140 Å². The average Bonchev–Trinajstić information content (AvgIpc) is 2.74. The highest BCUT2D eigenvalue weighted by Gasteiger charge is 2.76. The zero-order valence-electron chi connectivity index (χ0n) is 15.3. The SMILES string of the molecule is CC1C(O)CC(O)C2(C)C3CCC12CC1(C)CC(O)C(C)(C)C31. The van der Waals surface area contributed by atoms with E-state index < -0.39 is 12.2 Å². The molecule has 132 valence electrons. The second-order valence-corrected chi connectivity index (χ2v) is 10.5. The Morgan fingerprint density at radius 1 is 0.957 bits per heavy atom. The van der Waals surface area contributed by atoms with E-state index in [1.165, 1.54) is 0 Å². The van der Waals surface area contributed by atoms with Crippen LogP contribution in [0.15, 0.2) is 0 Å². The van der Waals surface area contributed by atoms with E-state index in [-0.39, 0.29) is 33.7 Å². The molecule has 0 aromatic heterocycles. The highest BCUT2D eigenvalue weighted by Crippen LogP contribution is 2.79. The minimum Gasteiger partial charge on any atom is -0.393 e. The predicted molar refractivity (Wildman–Crippen MR) is 89.7 cm³/mol. The second-order valence-electron chi connectivity index (χ2n) is 10.5. The summed E-state index contributed by atoms with van der Waals surface area (Å²) in [6.45, 7) is 11.3. The van der Waals surface area contributed by atoms with Gasteiger partial charge in [0, 0.05) is 11.8 Å². The maximum absolute atomic E-state index is 11.0. The van der Waals surface area contributed by atoms with Crippen molar-refractivity contribution in [3.8, 4) is 0 Å². The Morgan fingerprint density at radius 2 is 1.61 bits per heavy atom. The molecule has 4 rings (SSSR count). The fourth-order valence-corrected chi connectivity index (χ4v) is 8.49. The van der Waals surface area contributed by atoms with Crippen LogP contribution in [-0.2, 0) is 0 Å². The lowest BCUT2D eigenvalue weighted by Crippen LogP contribution is -2.65. The van der Waals surface area contributed by atoms with E-state index in [0.717, 1.165) is 25.7 Å². The lowest BCUT2D eigenvalue weighted by atomic mass is 9.39. The molecule has 4 fully saturated rings. The highest BCUT2D eigenvalue weighted by atomic mass is 16.3. The molecule has 3 N–H and O–H groups in total. The van der Waals surface area contributed by atoms with Gasteiger partial charge in [-0.2, -0.15) is 0 Å². The summed E-state index contributed by atoms with van der Waals surface area (Å²) in [6, 6.07) is 0. The molecule has 4 aliphatic rings. The molecule has 4 saturated carbocycles. The van der Waals surface area contributed by atoms with Crippen molar-refractivity contribution in [2.75, 3.05) is 0 Å². The van der Waals surface area contributed by atoms with Crippen molar-refractivity contribution in [1.82, 2.24) is 0 Å². The molecule has 3 nitrogen and oxygen atoms in total. The van der Waals surface area contributed by atoms with E-state index in [0.29, 0.717) is 18.3 Å². The maximum Gasteiger partial charge on any atom is 0.0626 e. The van der Waals surface area contributed by atoms with Gasteiger partial charge in [-0.05, 0) is 59.7 Å². The molecule has 0 amide bonds. The first-order valence-corrected chi connectivity index (χ1v) is 9.55. The van der Waals surface area contributed by atoms with Crippen molar-refractivity contribution < 1.29 is 15.3 Å². The van der Waals surface area contributed by atoms with Crippen molar-refractivity contribution in [3.63, 3.8) is 0 Å². The van der Waals surface area contributed by atoms with Crippen molar-refractivity contribution in [1.29, 1.82) is 0 Å². The van der Waals surface area contributed by atoms with Crippen molar-refractivity contribution >= 4 is 0 Å². The molecule has 0 heterocycles. The highest BCUT2D eigenvalue weighted by molar-refractivity contribution is 5.24. The van der Waals surface area contributed by atoms with Gasteiger partial charge in [-0.3, -0.25) is 0 Å². The zero-order chi connectivity index (χ0) is 17.0. The van der Waals surface area contributed by atoms with Crippen LogP contribution in [0, 0.1) is 39.4 Å². The summed E-state index contributed by atoms with van der Waals surface area (Å²) >= 11 is 0. The Kier molecular flexibility index (Phi) is 3.09. The molecule has 0 aromatic rings. The maximum atomic E-state index is 11.0. The third-order valence-corrected chi connectivity index (χ3v) is 9.54. The van der Waals surface area contributed by atoms with Crippen LogP contribution >= 0.6 is 0 Å². The molecular formula is C20H34O3. The molecule has 0 spiro atoms. The molecule has 9 atom stereocenters. The topological polar surface area (TPSA) is 60.7 Å². The monoisotopic (exact) mass is 322 g/mol. The summed E-state index contributed by atoms with van der Waals surface area (Å²) in [7, 11) is 0. The quantitative estimate of drug-likeness (QED) is 0.642. The van der Waals surface area contributed by atoms with Gasteiger partial charge in [0.2, 0.25) is 0 Å². The Balaban J connectivity index is 1.89. The number of aliphatic hydroxyl groups excluding tert-OH is 3. The fourth-order valence-electron chi connectivity index (χ4n) is 8.49. The average molecular weight is 322 g/mol. The molecule has 2 bridgehead atoms. The number of fused-ring (bicyclic) bond motifs is 2. The Bertz CT molecular complexity index is 531. The van der Waals surface area contributed by atoms with E-state index in [4.69, 9.17) is 0 Å². The normalized spacial score (nSPS) is 63.7. The van der Waals surface area contributed by atoms with Gasteiger partial charge >= 0.3 is 0 Å². The summed E-state index contributed by atoms with van der Waals surface area (Å²) in [5, 5.41) is 32.4. The minimum absolute atomic E-state index is 0.0279. The van der Waals surface area contributed by atoms with Crippen LogP contribution in [0.5, 0.6) is 0 Å². The van der Waals surface area contributed by atoms with Crippen molar-refractivity contribution in [3.05, 3.63) is 0 Å². The Hall–Kier alpha value is -0.120. The van der Waals surface area contributed by atoms with Crippen LogP contribution in [0.2, 0.25) is 0 Å². The minimum atomic E-state index is -0.417. The van der Waals surface area contributed by atoms with Gasteiger partial charge in [-0.15, -0.1) is 0 Å². The lowest BCUT2D eigenvalue weighted by molar-refractivity contribution is -0.232. The van der Waals surface area contributed by atoms with Gasteiger partial charge in [-0.25, -0.2) is 0 Å². The third kappa shape index (κ3) is 1.58. The molecule has 0 aromatic carbocycles. The summed E-state index contributed by atoms with van der Waals surface area (Å²) in [5.41, 5.74) is -0.0378. The van der Waals surface area contributed by atoms with E-state index in [1.54, 1.807) is 0 Å². The predicted octanol–water partition coefficient (Wildman–Crippen LogP) is 2.97. The molecule has 0 saturated heterocycles. The van der Waals surface area contributed by atoms with Gasteiger partial charge in [0.1, 0.15) is 0 Å². The molecule has 0 aliphatic heterocycles. The van der Waals surface area contributed by atoms with Crippen LogP contribution in [0.4, 0.5) is 0 Å². The van der Waals surface area contributed by atoms with Crippen molar-refractivity contribution in [2.24, 2.45) is 39.4 Å². The first-order valence-electron chi connectivity index (χ1n) is 9.55. The van der Waals surface area contributed by atoms with E-state index in [2.05, 4.69) is 34.6 Å². The number of hydrogen-bond acceptors (Lipinski definition) is 3. The van der Waals surface area contributed by atoms with Gasteiger partial charge in [0.05, 0.1) is 18.3 Å². The summed E-state index contributed by atoms with van der Waals surface area (Å²) in [4.78, 5) is 0. The van der Waals surface area contributed by atoms with Gasteiger partial charge in [0.25, 0.3) is 0 Å². The molecule has 4 aliphatic carbocycles. The number of hydrogen-bond donors (Lipinski definition) is 3. The molecule has 9 unspecified atom stereocenters. The lowest BCUT2D eigenvalue weighted by Gasteiger charge is -2.66. The van der Waals surface area contributed by atoms with Crippen molar-refractivity contribution in [2.45, 2.75) is 85.0 Å². The van der Waals surface area contributed by atoms with E-state index in [1.807, 2.05) is 0 Å². The van der Waals surface area contributed by atoms with Crippen LogP contribution in [0.25, 0.3) is 0 Å². The second kappa shape index (κ2) is 4.34. The standard InChI is InChI=1S/C20H34O3/c1-11-13(21)8-14(22)19(5)12-6-7-20(11,19)10-18(4)9-15(23)17(2,3)16(12)18/h11-16,21-23H,6-10H2,1-5H3. The largest absolute Gasteiger partial charge is 0.393 e. The number of rotatable bonds is 0. The van der Waals surface area contributed by atoms with Gasteiger partial charge in [0.15, 0.2) is 0 Å². The van der Waals surface area contributed by atoms with E-state index >= 15 is 0 Å².